The first kappa shape index (κ1) is 20.9. The van der Waals surface area contributed by atoms with Gasteiger partial charge in [-0.15, -0.1) is 0 Å². The Balaban J connectivity index is 1.47. The molecule has 0 fully saturated rings. The number of ether oxygens (including phenoxy) is 1. The number of anilines is 2. The normalized spacial score (nSPS) is 11.3. The van der Waals surface area contributed by atoms with Crippen molar-refractivity contribution in [1.29, 1.82) is 0 Å². The fourth-order valence-electron chi connectivity index (χ4n) is 2.74. The summed E-state index contributed by atoms with van der Waals surface area (Å²) in [7, 11) is 0. The molecule has 3 aromatic carbocycles. The van der Waals surface area contributed by atoms with Gasteiger partial charge in [0.05, 0.1) is 6.04 Å². The van der Waals surface area contributed by atoms with Crippen molar-refractivity contribution in [3.8, 4) is 5.75 Å². The molecule has 0 heterocycles. The standard InChI is InChI=1S/C23H22FN3O3/c1-16(25-22(28)15-30-21-9-5-6-18(24)14-21)17-10-12-20(13-11-17)27-23(29)26-19-7-3-2-4-8-19/h2-14,16H,15H2,1H3,(H,25,28)(H2,26,27,29). The maximum Gasteiger partial charge on any atom is 0.323 e. The Labute approximate surface area is 174 Å². The fraction of sp³-hybridized carbons (Fsp3) is 0.130. The van der Waals surface area contributed by atoms with Gasteiger partial charge in [-0.3, -0.25) is 4.79 Å². The summed E-state index contributed by atoms with van der Waals surface area (Å²) in [5.41, 5.74) is 2.19. The summed E-state index contributed by atoms with van der Waals surface area (Å²) in [5.74, 6) is -0.453. The van der Waals surface area contributed by atoms with E-state index in [1.165, 1.54) is 18.2 Å². The third-order valence-corrected chi connectivity index (χ3v) is 4.24. The Hall–Kier alpha value is -3.87. The average Bonchev–Trinajstić information content (AvgIpc) is 2.73. The molecule has 0 aliphatic heterocycles. The molecule has 3 amide bonds. The third kappa shape index (κ3) is 6.34. The van der Waals surface area contributed by atoms with Crippen LogP contribution in [-0.4, -0.2) is 18.5 Å². The number of para-hydroxylation sites is 1. The van der Waals surface area contributed by atoms with Gasteiger partial charge in [0, 0.05) is 17.4 Å². The zero-order valence-electron chi connectivity index (χ0n) is 16.4. The highest BCUT2D eigenvalue weighted by Gasteiger charge is 2.11. The van der Waals surface area contributed by atoms with Crippen molar-refractivity contribution in [2.45, 2.75) is 13.0 Å². The van der Waals surface area contributed by atoms with Gasteiger partial charge in [-0.25, -0.2) is 9.18 Å². The Morgan fingerprint density at radius 2 is 1.57 bits per heavy atom. The number of hydrogen-bond acceptors (Lipinski definition) is 3. The van der Waals surface area contributed by atoms with E-state index in [1.807, 2.05) is 37.3 Å². The van der Waals surface area contributed by atoms with Gasteiger partial charge in [0.15, 0.2) is 6.61 Å². The van der Waals surface area contributed by atoms with Crippen LogP contribution in [-0.2, 0) is 4.79 Å². The molecule has 3 N–H and O–H groups in total. The Kier molecular flexibility index (Phi) is 7.00. The van der Waals surface area contributed by atoms with Gasteiger partial charge in [0.2, 0.25) is 0 Å². The zero-order valence-corrected chi connectivity index (χ0v) is 16.4. The molecule has 6 nitrogen and oxygen atoms in total. The van der Waals surface area contributed by atoms with Gasteiger partial charge >= 0.3 is 6.03 Å². The van der Waals surface area contributed by atoms with E-state index in [0.29, 0.717) is 17.1 Å². The molecule has 30 heavy (non-hydrogen) atoms. The summed E-state index contributed by atoms with van der Waals surface area (Å²) < 4.78 is 18.4. The van der Waals surface area contributed by atoms with Crippen molar-refractivity contribution in [2.24, 2.45) is 0 Å². The van der Waals surface area contributed by atoms with Gasteiger partial charge in [-0.1, -0.05) is 36.4 Å². The molecule has 1 atom stereocenters. The van der Waals surface area contributed by atoms with Crippen LogP contribution in [0.4, 0.5) is 20.6 Å². The topological polar surface area (TPSA) is 79.5 Å². The van der Waals surface area contributed by atoms with Gasteiger partial charge in [0.25, 0.3) is 5.91 Å². The molecular weight excluding hydrogens is 385 g/mol. The Morgan fingerprint density at radius 1 is 0.900 bits per heavy atom. The summed E-state index contributed by atoms with van der Waals surface area (Å²) >= 11 is 0. The van der Waals surface area contributed by atoms with E-state index >= 15 is 0 Å². The summed E-state index contributed by atoms with van der Waals surface area (Å²) in [6, 6.07) is 21.3. The van der Waals surface area contributed by atoms with Crippen molar-refractivity contribution >= 4 is 23.3 Å². The molecule has 7 heteroatoms. The van der Waals surface area contributed by atoms with Crippen LogP contribution in [0.5, 0.6) is 5.75 Å². The SMILES string of the molecule is CC(NC(=O)COc1cccc(F)c1)c1ccc(NC(=O)Nc2ccccc2)cc1. The van der Waals surface area contributed by atoms with E-state index in [-0.39, 0.29) is 24.6 Å². The first-order chi connectivity index (χ1) is 14.5. The molecule has 3 aromatic rings. The first-order valence-electron chi connectivity index (χ1n) is 9.40. The number of hydrogen-bond donors (Lipinski definition) is 3. The monoisotopic (exact) mass is 407 g/mol. The minimum Gasteiger partial charge on any atom is -0.484 e. The predicted molar refractivity (Wildman–Crippen MR) is 114 cm³/mol. The maximum atomic E-state index is 13.1. The fourth-order valence-corrected chi connectivity index (χ4v) is 2.74. The van der Waals surface area contributed by atoms with Crippen molar-refractivity contribution in [3.05, 3.63) is 90.2 Å². The minimum atomic E-state index is -0.424. The lowest BCUT2D eigenvalue weighted by molar-refractivity contribution is -0.123. The van der Waals surface area contributed by atoms with E-state index in [4.69, 9.17) is 4.74 Å². The summed E-state index contributed by atoms with van der Waals surface area (Å²) in [6.45, 7) is 1.62. The molecule has 3 rings (SSSR count). The summed E-state index contributed by atoms with van der Waals surface area (Å²) in [4.78, 5) is 24.1. The minimum absolute atomic E-state index is 0.215. The molecule has 0 aliphatic carbocycles. The van der Waals surface area contributed by atoms with Crippen molar-refractivity contribution in [1.82, 2.24) is 5.32 Å². The smallest absolute Gasteiger partial charge is 0.323 e. The second-order valence-electron chi connectivity index (χ2n) is 6.60. The molecule has 1 unspecified atom stereocenters. The van der Waals surface area contributed by atoms with E-state index in [9.17, 15) is 14.0 Å². The molecule has 154 valence electrons. The average molecular weight is 407 g/mol. The number of benzene rings is 3. The molecule has 0 aromatic heterocycles. The molecular formula is C23H22FN3O3. The van der Waals surface area contributed by atoms with Crippen LogP contribution in [0.1, 0.15) is 18.5 Å². The summed E-state index contributed by atoms with van der Waals surface area (Å²) in [5, 5.41) is 8.31. The van der Waals surface area contributed by atoms with Gasteiger partial charge in [-0.05, 0) is 48.9 Å². The highest BCUT2D eigenvalue weighted by molar-refractivity contribution is 5.99. The van der Waals surface area contributed by atoms with Crippen molar-refractivity contribution < 1.29 is 18.7 Å². The van der Waals surface area contributed by atoms with Crippen LogP contribution in [0.15, 0.2) is 78.9 Å². The zero-order chi connectivity index (χ0) is 21.3. The number of urea groups is 1. The van der Waals surface area contributed by atoms with E-state index < -0.39 is 5.82 Å². The van der Waals surface area contributed by atoms with Crippen LogP contribution < -0.4 is 20.7 Å². The molecule has 0 radical (unpaired) electrons. The predicted octanol–water partition coefficient (Wildman–Crippen LogP) is 4.73. The van der Waals surface area contributed by atoms with Gasteiger partial charge in [0.1, 0.15) is 11.6 Å². The highest BCUT2D eigenvalue weighted by Crippen LogP contribution is 2.17. The second-order valence-corrected chi connectivity index (χ2v) is 6.60. The van der Waals surface area contributed by atoms with E-state index in [0.717, 1.165) is 5.56 Å². The molecule has 0 bridgehead atoms. The number of carbonyl (C=O) groups is 2. The number of halogens is 1. The van der Waals surface area contributed by atoms with Crippen LogP contribution in [0.25, 0.3) is 0 Å². The van der Waals surface area contributed by atoms with E-state index in [1.54, 1.807) is 30.3 Å². The molecule has 0 saturated carbocycles. The third-order valence-electron chi connectivity index (χ3n) is 4.24. The van der Waals surface area contributed by atoms with Gasteiger partial charge < -0.3 is 20.7 Å². The molecule has 0 aliphatic rings. The number of amides is 3. The Morgan fingerprint density at radius 3 is 2.23 bits per heavy atom. The first-order valence-corrected chi connectivity index (χ1v) is 9.40. The van der Waals surface area contributed by atoms with E-state index in [2.05, 4.69) is 16.0 Å². The van der Waals surface area contributed by atoms with Crippen LogP contribution in [0.3, 0.4) is 0 Å². The quantitative estimate of drug-likeness (QED) is 0.530. The largest absolute Gasteiger partial charge is 0.484 e. The summed E-state index contributed by atoms with van der Waals surface area (Å²) in [6.07, 6.45) is 0. The maximum absolute atomic E-state index is 13.1. The Bertz CT molecular complexity index is 994. The molecule has 0 spiro atoms. The van der Waals surface area contributed by atoms with Crippen molar-refractivity contribution in [2.75, 3.05) is 17.2 Å². The number of carbonyl (C=O) groups excluding carboxylic acids is 2. The lowest BCUT2D eigenvalue weighted by Crippen LogP contribution is -2.31. The second kappa shape index (κ2) is 10.1. The van der Waals surface area contributed by atoms with Crippen molar-refractivity contribution in [3.63, 3.8) is 0 Å². The number of rotatable bonds is 7. The lowest BCUT2D eigenvalue weighted by atomic mass is 10.1. The number of nitrogens with one attached hydrogen (secondary N) is 3. The van der Waals surface area contributed by atoms with Crippen LogP contribution in [0, 0.1) is 5.82 Å². The lowest BCUT2D eigenvalue weighted by Gasteiger charge is -2.15. The highest BCUT2D eigenvalue weighted by atomic mass is 19.1. The van der Waals surface area contributed by atoms with Crippen LogP contribution >= 0.6 is 0 Å². The van der Waals surface area contributed by atoms with Crippen LogP contribution in [0.2, 0.25) is 0 Å². The molecule has 0 saturated heterocycles. The van der Waals surface area contributed by atoms with Gasteiger partial charge in [-0.2, -0.15) is 0 Å².